The van der Waals surface area contributed by atoms with Crippen LogP contribution in [0.2, 0.25) is 0 Å². The van der Waals surface area contributed by atoms with Gasteiger partial charge in [-0.1, -0.05) is 0 Å². The molecule has 0 saturated heterocycles. The van der Waals surface area contributed by atoms with E-state index in [1.54, 1.807) is 0 Å². The Bertz CT molecular complexity index is 433. The quantitative estimate of drug-likeness (QED) is 0.458. The van der Waals surface area contributed by atoms with Crippen LogP contribution in [0.4, 0.5) is 11.4 Å². The van der Waals surface area contributed by atoms with Gasteiger partial charge in [0.2, 0.25) is 5.91 Å². The molecule has 7 nitrogen and oxygen atoms in total. The van der Waals surface area contributed by atoms with Gasteiger partial charge in [-0.2, -0.15) is 0 Å². The Labute approximate surface area is 97.2 Å². The molecule has 0 aliphatic carbocycles. The van der Waals surface area contributed by atoms with Crippen LogP contribution in [0.1, 0.15) is 6.42 Å². The van der Waals surface area contributed by atoms with Crippen LogP contribution >= 0.6 is 0 Å². The maximum Gasteiger partial charge on any atom is 0.271 e. The zero-order valence-corrected chi connectivity index (χ0v) is 9.17. The number of non-ortho nitro benzene ring substituents is 1. The average molecular weight is 240 g/mol. The van der Waals surface area contributed by atoms with Crippen molar-refractivity contribution in [2.75, 3.05) is 19.0 Å². The van der Waals surface area contributed by atoms with E-state index in [4.69, 9.17) is 4.74 Å². The van der Waals surface area contributed by atoms with E-state index in [0.29, 0.717) is 0 Å². The third-order valence-corrected chi connectivity index (χ3v) is 2.00. The lowest BCUT2D eigenvalue weighted by atomic mass is 10.2. The predicted molar refractivity (Wildman–Crippen MR) is 59.9 cm³/mol. The lowest BCUT2D eigenvalue weighted by Crippen LogP contribution is -2.13. The number of nitrogens with one attached hydrogen (secondary N) is 1. The van der Waals surface area contributed by atoms with Crippen LogP contribution in [0, 0.1) is 10.1 Å². The summed E-state index contributed by atoms with van der Waals surface area (Å²) >= 11 is 0. The lowest BCUT2D eigenvalue weighted by Gasteiger charge is -2.06. The first-order valence-electron chi connectivity index (χ1n) is 4.80. The van der Waals surface area contributed by atoms with Gasteiger partial charge in [0.25, 0.3) is 5.69 Å². The number of phenolic OH excluding ortho intramolecular Hbond substituents is 1. The molecule has 0 spiro atoms. The van der Waals surface area contributed by atoms with Crippen molar-refractivity contribution < 1.29 is 19.6 Å². The second-order valence-electron chi connectivity index (χ2n) is 3.25. The zero-order chi connectivity index (χ0) is 12.8. The summed E-state index contributed by atoms with van der Waals surface area (Å²) < 4.78 is 4.71. The molecule has 2 N–H and O–H groups in total. The van der Waals surface area contributed by atoms with Gasteiger partial charge in [-0.3, -0.25) is 14.9 Å². The molecule has 0 radical (unpaired) electrons. The van der Waals surface area contributed by atoms with E-state index in [2.05, 4.69) is 5.32 Å². The number of rotatable bonds is 5. The highest BCUT2D eigenvalue weighted by molar-refractivity contribution is 5.92. The molecule has 0 atom stereocenters. The second kappa shape index (κ2) is 5.80. The van der Waals surface area contributed by atoms with E-state index in [-0.39, 0.29) is 36.1 Å². The molecule has 0 heterocycles. The minimum Gasteiger partial charge on any atom is -0.506 e. The summed E-state index contributed by atoms with van der Waals surface area (Å²) in [6, 6.07) is 3.41. The number of nitro groups is 1. The van der Waals surface area contributed by atoms with Crippen LogP contribution < -0.4 is 5.32 Å². The van der Waals surface area contributed by atoms with Gasteiger partial charge in [-0.05, 0) is 6.07 Å². The number of phenols is 1. The summed E-state index contributed by atoms with van der Waals surface area (Å²) in [6.45, 7) is 0.238. The second-order valence-corrected chi connectivity index (χ2v) is 3.25. The smallest absolute Gasteiger partial charge is 0.271 e. The number of amides is 1. The Hall–Kier alpha value is -2.15. The first-order valence-corrected chi connectivity index (χ1v) is 4.80. The van der Waals surface area contributed by atoms with Gasteiger partial charge in [-0.15, -0.1) is 0 Å². The highest BCUT2D eigenvalue weighted by atomic mass is 16.6. The van der Waals surface area contributed by atoms with Crippen molar-refractivity contribution in [3.8, 4) is 5.75 Å². The number of nitro benzene ring substituents is 1. The van der Waals surface area contributed by atoms with Crippen LogP contribution in [0.25, 0.3) is 0 Å². The molecule has 0 aliphatic heterocycles. The van der Waals surface area contributed by atoms with Crippen molar-refractivity contribution in [2.24, 2.45) is 0 Å². The van der Waals surface area contributed by atoms with Crippen LogP contribution in [-0.2, 0) is 9.53 Å². The summed E-state index contributed by atoms with van der Waals surface area (Å²) in [5, 5.41) is 22.3. The molecule has 0 fully saturated rings. The van der Waals surface area contributed by atoms with Gasteiger partial charge in [0.05, 0.1) is 23.6 Å². The van der Waals surface area contributed by atoms with Crippen LogP contribution in [0.3, 0.4) is 0 Å². The maximum atomic E-state index is 11.3. The standard InChI is InChI=1S/C10H12N2O5/c1-17-5-4-10(14)11-8-6-7(12(15)16)2-3-9(8)13/h2-3,6,13H,4-5H2,1H3,(H,11,14). The summed E-state index contributed by atoms with van der Waals surface area (Å²) in [7, 11) is 1.46. The number of benzene rings is 1. The number of methoxy groups -OCH3 is 1. The fraction of sp³-hybridized carbons (Fsp3) is 0.300. The minimum atomic E-state index is -0.607. The first kappa shape index (κ1) is 12.9. The normalized spacial score (nSPS) is 9.94. The monoisotopic (exact) mass is 240 g/mol. The average Bonchev–Trinajstić information content (AvgIpc) is 2.29. The van der Waals surface area contributed by atoms with Gasteiger partial charge in [-0.25, -0.2) is 0 Å². The van der Waals surface area contributed by atoms with E-state index < -0.39 is 4.92 Å². The highest BCUT2D eigenvalue weighted by Gasteiger charge is 2.12. The molecule has 1 aromatic rings. The van der Waals surface area contributed by atoms with Gasteiger partial charge >= 0.3 is 0 Å². The third-order valence-electron chi connectivity index (χ3n) is 2.00. The summed E-state index contributed by atoms with van der Waals surface area (Å²) in [4.78, 5) is 21.2. The van der Waals surface area contributed by atoms with Crippen molar-refractivity contribution in [1.82, 2.24) is 0 Å². The Morgan fingerprint density at radius 3 is 2.88 bits per heavy atom. The number of hydrogen-bond acceptors (Lipinski definition) is 5. The van der Waals surface area contributed by atoms with Crippen molar-refractivity contribution in [1.29, 1.82) is 0 Å². The largest absolute Gasteiger partial charge is 0.506 e. The summed E-state index contributed by atoms with van der Waals surface area (Å²) in [5.41, 5.74) is -0.190. The molecule has 17 heavy (non-hydrogen) atoms. The molecule has 0 aromatic heterocycles. The van der Waals surface area contributed by atoms with Crippen molar-refractivity contribution in [3.05, 3.63) is 28.3 Å². The number of carbonyl (C=O) groups is 1. The molecule has 1 rings (SSSR count). The van der Waals surface area contributed by atoms with Gasteiger partial charge in [0.1, 0.15) is 5.75 Å². The molecule has 0 bridgehead atoms. The number of nitrogens with zero attached hydrogens (tertiary/aromatic N) is 1. The number of aromatic hydroxyl groups is 1. The minimum absolute atomic E-state index is 0.0142. The SMILES string of the molecule is COCCC(=O)Nc1cc([N+](=O)[O-])ccc1O. The molecular formula is C10H12N2O5. The van der Waals surface area contributed by atoms with E-state index in [0.717, 1.165) is 18.2 Å². The van der Waals surface area contributed by atoms with Crippen molar-refractivity contribution >= 4 is 17.3 Å². The van der Waals surface area contributed by atoms with E-state index >= 15 is 0 Å². The molecule has 1 aromatic carbocycles. The Kier molecular flexibility index (Phi) is 4.41. The summed E-state index contributed by atoms with van der Waals surface area (Å²) in [5.74, 6) is -0.607. The zero-order valence-electron chi connectivity index (χ0n) is 9.17. The first-order chi connectivity index (χ1) is 8.04. The number of ether oxygens (including phenoxy) is 1. The number of carbonyl (C=O) groups excluding carboxylic acids is 1. The summed E-state index contributed by atoms with van der Waals surface area (Å²) in [6.07, 6.45) is 0.110. The van der Waals surface area contributed by atoms with E-state index in [1.165, 1.54) is 7.11 Å². The van der Waals surface area contributed by atoms with E-state index in [1.807, 2.05) is 0 Å². The lowest BCUT2D eigenvalue weighted by molar-refractivity contribution is -0.384. The molecule has 1 amide bonds. The van der Waals surface area contributed by atoms with E-state index in [9.17, 15) is 20.0 Å². The van der Waals surface area contributed by atoms with Gasteiger partial charge in [0, 0.05) is 19.2 Å². The third kappa shape index (κ3) is 3.72. The molecular weight excluding hydrogens is 228 g/mol. The molecule has 0 unspecified atom stereocenters. The van der Waals surface area contributed by atoms with Gasteiger partial charge < -0.3 is 15.2 Å². The predicted octanol–water partition coefficient (Wildman–Crippen LogP) is 1.28. The number of hydrogen-bond donors (Lipinski definition) is 2. The van der Waals surface area contributed by atoms with Crippen molar-refractivity contribution in [2.45, 2.75) is 6.42 Å². The molecule has 92 valence electrons. The van der Waals surface area contributed by atoms with Crippen LogP contribution in [0.15, 0.2) is 18.2 Å². The maximum absolute atomic E-state index is 11.3. The Balaban J connectivity index is 2.79. The van der Waals surface area contributed by atoms with Crippen LogP contribution in [0.5, 0.6) is 5.75 Å². The van der Waals surface area contributed by atoms with Crippen molar-refractivity contribution in [3.63, 3.8) is 0 Å². The Morgan fingerprint density at radius 1 is 1.59 bits per heavy atom. The van der Waals surface area contributed by atoms with Crippen LogP contribution in [-0.4, -0.2) is 29.7 Å². The fourth-order valence-corrected chi connectivity index (χ4v) is 1.15. The molecule has 0 saturated carbocycles. The topological polar surface area (TPSA) is 102 Å². The van der Waals surface area contributed by atoms with Gasteiger partial charge in [0.15, 0.2) is 0 Å². The Morgan fingerprint density at radius 2 is 2.29 bits per heavy atom. The number of anilines is 1. The highest BCUT2D eigenvalue weighted by Crippen LogP contribution is 2.27. The fourth-order valence-electron chi connectivity index (χ4n) is 1.15. The molecule has 7 heteroatoms. The molecule has 0 aliphatic rings.